The molecule has 1 aliphatic heterocycles. The van der Waals surface area contributed by atoms with Gasteiger partial charge in [-0.2, -0.15) is 0 Å². The van der Waals surface area contributed by atoms with Crippen LogP contribution in [0.15, 0.2) is 0 Å². The minimum atomic E-state index is -0.779. The summed E-state index contributed by atoms with van der Waals surface area (Å²) in [5.41, 5.74) is 0. The van der Waals surface area contributed by atoms with E-state index in [0.29, 0.717) is 12.6 Å². The van der Waals surface area contributed by atoms with E-state index >= 15 is 0 Å². The second-order valence-electron chi connectivity index (χ2n) is 6.20. The normalized spacial score (nSPS) is 22.7. The molecule has 0 spiro atoms. The fourth-order valence-electron chi connectivity index (χ4n) is 3.26. The molecule has 2 aliphatic rings. The van der Waals surface area contributed by atoms with E-state index in [1.165, 1.54) is 19.3 Å². The number of amides is 1. The lowest BCUT2D eigenvalue weighted by atomic mass is 9.95. The summed E-state index contributed by atoms with van der Waals surface area (Å²) >= 11 is 0. The molecule has 6 heteroatoms. The lowest BCUT2D eigenvalue weighted by Gasteiger charge is -2.25. The molecular formula is C15H27N3O3. The molecule has 2 rings (SSSR count). The summed E-state index contributed by atoms with van der Waals surface area (Å²) in [6.45, 7) is 3.70. The van der Waals surface area contributed by atoms with Gasteiger partial charge in [0.25, 0.3) is 0 Å². The van der Waals surface area contributed by atoms with Gasteiger partial charge >= 0.3 is 5.97 Å². The van der Waals surface area contributed by atoms with Crippen molar-refractivity contribution < 1.29 is 14.7 Å². The Bertz CT molecular complexity index is 356. The zero-order valence-electron chi connectivity index (χ0n) is 12.7. The molecule has 0 radical (unpaired) electrons. The average molecular weight is 297 g/mol. The molecule has 6 nitrogen and oxygen atoms in total. The zero-order chi connectivity index (χ0) is 15.1. The molecule has 1 saturated carbocycles. The largest absolute Gasteiger partial charge is 0.480 e. The highest BCUT2D eigenvalue weighted by atomic mass is 16.4. The van der Waals surface area contributed by atoms with E-state index < -0.39 is 5.97 Å². The molecule has 0 aromatic rings. The molecule has 21 heavy (non-hydrogen) atoms. The van der Waals surface area contributed by atoms with Gasteiger partial charge in [0.15, 0.2) is 0 Å². The number of carbonyl (C=O) groups excluding carboxylic acids is 1. The maximum Gasteiger partial charge on any atom is 0.317 e. The van der Waals surface area contributed by atoms with E-state index in [1.54, 1.807) is 0 Å². The Kier molecular flexibility index (Phi) is 6.45. The Hall–Kier alpha value is -1.14. The minimum absolute atomic E-state index is 0.0993. The van der Waals surface area contributed by atoms with Gasteiger partial charge < -0.3 is 10.4 Å². The molecule has 1 saturated heterocycles. The summed E-state index contributed by atoms with van der Waals surface area (Å²) in [4.78, 5) is 26.9. The third kappa shape index (κ3) is 6.01. The van der Waals surface area contributed by atoms with E-state index in [0.717, 1.165) is 45.4 Å². The molecule has 0 atom stereocenters. The van der Waals surface area contributed by atoms with Crippen LogP contribution in [0.2, 0.25) is 0 Å². The summed E-state index contributed by atoms with van der Waals surface area (Å²) in [6.07, 6.45) is 6.87. The lowest BCUT2D eigenvalue weighted by Crippen LogP contribution is -2.43. The highest BCUT2D eigenvalue weighted by molar-refractivity contribution is 5.78. The number of hydrogen-bond acceptors (Lipinski definition) is 4. The van der Waals surface area contributed by atoms with Crippen LogP contribution in [0.5, 0.6) is 0 Å². The highest BCUT2D eigenvalue weighted by Crippen LogP contribution is 2.17. The predicted molar refractivity (Wildman–Crippen MR) is 80.1 cm³/mol. The third-order valence-electron chi connectivity index (χ3n) is 4.38. The molecule has 1 heterocycles. The third-order valence-corrected chi connectivity index (χ3v) is 4.38. The molecular weight excluding hydrogens is 270 g/mol. The molecule has 2 fully saturated rings. The van der Waals surface area contributed by atoms with Gasteiger partial charge in [-0.25, -0.2) is 0 Å². The number of carboxylic acid groups (broad SMARTS) is 1. The summed E-state index contributed by atoms with van der Waals surface area (Å²) in [5, 5.41) is 12.0. The summed E-state index contributed by atoms with van der Waals surface area (Å²) < 4.78 is 0. The molecule has 1 aliphatic carbocycles. The van der Waals surface area contributed by atoms with Crippen molar-refractivity contribution in [2.24, 2.45) is 0 Å². The molecule has 0 bridgehead atoms. The average Bonchev–Trinajstić information content (AvgIpc) is 2.65. The minimum Gasteiger partial charge on any atom is -0.480 e. The van der Waals surface area contributed by atoms with Gasteiger partial charge in [0, 0.05) is 25.7 Å². The van der Waals surface area contributed by atoms with Crippen molar-refractivity contribution in [1.82, 2.24) is 15.1 Å². The van der Waals surface area contributed by atoms with E-state index in [-0.39, 0.29) is 12.5 Å². The topological polar surface area (TPSA) is 72.9 Å². The van der Waals surface area contributed by atoms with Gasteiger partial charge in [-0.15, -0.1) is 0 Å². The first-order valence-electron chi connectivity index (χ1n) is 8.09. The zero-order valence-corrected chi connectivity index (χ0v) is 12.7. The lowest BCUT2D eigenvalue weighted by molar-refractivity contribution is -0.138. The maximum absolute atomic E-state index is 12.1. The molecule has 1 amide bonds. The van der Waals surface area contributed by atoms with E-state index in [1.807, 2.05) is 4.90 Å². The Morgan fingerprint density at radius 3 is 2.14 bits per heavy atom. The molecule has 120 valence electrons. The second kappa shape index (κ2) is 8.34. The van der Waals surface area contributed by atoms with E-state index in [4.69, 9.17) is 5.11 Å². The number of hydrogen-bond donors (Lipinski definition) is 2. The number of rotatable bonds is 5. The summed E-state index contributed by atoms with van der Waals surface area (Å²) in [6, 6.07) is 0.363. The van der Waals surface area contributed by atoms with Crippen LogP contribution in [0.3, 0.4) is 0 Å². The van der Waals surface area contributed by atoms with Crippen LogP contribution >= 0.6 is 0 Å². The van der Waals surface area contributed by atoms with Gasteiger partial charge in [0.1, 0.15) is 0 Å². The first-order valence-corrected chi connectivity index (χ1v) is 8.09. The quantitative estimate of drug-likeness (QED) is 0.774. The number of nitrogens with one attached hydrogen (secondary N) is 1. The van der Waals surface area contributed by atoms with Crippen molar-refractivity contribution in [1.29, 1.82) is 0 Å². The van der Waals surface area contributed by atoms with Crippen LogP contribution < -0.4 is 5.32 Å². The van der Waals surface area contributed by atoms with Crippen LogP contribution in [0, 0.1) is 0 Å². The standard InChI is InChI=1S/C15H27N3O3/c19-14(16-13-5-2-1-3-6-13)11-17-7-4-8-18(10-9-17)12-15(20)21/h13H,1-12H2,(H,16,19)(H,20,21). The van der Waals surface area contributed by atoms with E-state index in [9.17, 15) is 9.59 Å². The summed E-state index contributed by atoms with van der Waals surface area (Å²) in [7, 11) is 0. The maximum atomic E-state index is 12.1. The predicted octanol–water partition coefficient (Wildman–Crippen LogP) is 0.528. The number of carboxylic acids is 1. The highest BCUT2D eigenvalue weighted by Gasteiger charge is 2.20. The Morgan fingerprint density at radius 2 is 1.52 bits per heavy atom. The Morgan fingerprint density at radius 1 is 0.905 bits per heavy atom. The van der Waals surface area contributed by atoms with Crippen LogP contribution in [0.4, 0.5) is 0 Å². The fraction of sp³-hybridized carbons (Fsp3) is 0.867. The Balaban J connectivity index is 1.69. The van der Waals surface area contributed by atoms with Gasteiger partial charge in [0.05, 0.1) is 13.1 Å². The van der Waals surface area contributed by atoms with Gasteiger partial charge in [-0.3, -0.25) is 19.4 Å². The Labute approximate surface area is 126 Å². The van der Waals surface area contributed by atoms with Crippen LogP contribution in [0.25, 0.3) is 0 Å². The van der Waals surface area contributed by atoms with Crippen molar-refractivity contribution >= 4 is 11.9 Å². The first-order chi connectivity index (χ1) is 10.1. The molecule has 0 aromatic carbocycles. The SMILES string of the molecule is O=C(O)CN1CCCN(CC(=O)NC2CCCCC2)CC1. The number of aliphatic carboxylic acids is 1. The van der Waals surface area contributed by atoms with Crippen molar-refractivity contribution in [3.8, 4) is 0 Å². The number of carbonyl (C=O) groups is 2. The van der Waals surface area contributed by atoms with E-state index in [2.05, 4.69) is 10.2 Å². The molecule has 2 N–H and O–H groups in total. The smallest absolute Gasteiger partial charge is 0.317 e. The van der Waals surface area contributed by atoms with Crippen molar-refractivity contribution in [2.75, 3.05) is 39.3 Å². The monoisotopic (exact) mass is 297 g/mol. The second-order valence-corrected chi connectivity index (χ2v) is 6.20. The first kappa shape index (κ1) is 16.2. The molecule has 0 unspecified atom stereocenters. The summed E-state index contributed by atoms with van der Waals surface area (Å²) in [5.74, 6) is -0.660. The van der Waals surface area contributed by atoms with Crippen LogP contribution in [0.1, 0.15) is 38.5 Å². The van der Waals surface area contributed by atoms with Gasteiger partial charge in [-0.1, -0.05) is 19.3 Å². The van der Waals surface area contributed by atoms with Crippen molar-refractivity contribution in [2.45, 2.75) is 44.6 Å². The number of nitrogens with zero attached hydrogens (tertiary/aromatic N) is 2. The van der Waals surface area contributed by atoms with Gasteiger partial charge in [-0.05, 0) is 25.8 Å². The molecule has 0 aromatic heterocycles. The van der Waals surface area contributed by atoms with Crippen LogP contribution in [-0.4, -0.2) is 72.1 Å². The van der Waals surface area contributed by atoms with Crippen molar-refractivity contribution in [3.05, 3.63) is 0 Å². The van der Waals surface area contributed by atoms with Crippen molar-refractivity contribution in [3.63, 3.8) is 0 Å². The van der Waals surface area contributed by atoms with Gasteiger partial charge in [0.2, 0.25) is 5.91 Å². The fourth-order valence-corrected chi connectivity index (χ4v) is 3.26. The van der Waals surface area contributed by atoms with Crippen LogP contribution in [-0.2, 0) is 9.59 Å².